The Morgan fingerprint density at radius 3 is 2.32 bits per heavy atom. The molecule has 3 aromatic carbocycles. The van der Waals surface area contributed by atoms with Crippen LogP contribution in [0.3, 0.4) is 0 Å². The molecule has 0 fully saturated rings. The third kappa shape index (κ3) is 6.16. The van der Waals surface area contributed by atoms with Gasteiger partial charge in [-0.15, -0.1) is 10.2 Å². The van der Waals surface area contributed by atoms with Crippen LogP contribution in [0.1, 0.15) is 21.6 Å². The van der Waals surface area contributed by atoms with Crippen molar-refractivity contribution < 1.29 is 9.59 Å². The van der Waals surface area contributed by atoms with Crippen molar-refractivity contribution in [1.29, 1.82) is 5.26 Å². The number of halogens is 1. The molecule has 0 aliphatic rings. The quantitative estimate of drug-likeness (QED) is 0.287. The van der Waals surface area contributed by atoms with Crippen molar-refractivity contribution in [1.82, 2.24) is 29.9 Å². The summed E-state index contributed by atoms with van der Waals surface area (Å²) in [4.78, 5) is 26.7. The van der Waals surface area contributed by atoms with Crippen molar-refractivity contribution in [2.24, 2.45) is 14.1 Å². The van der Waals surface area contributed by atoms with E-state index in [1.165, 1.54) is 10.9 Å². The summed E-state index contributed by atoms with van der Waals surface area (Å²) in [5.41, 5.74) is 4.70. The molecule has 2 aromatic heterocycles. The van der Waals surface area contributed by atoms with Crippen molar-refractivity contribution in [2.45, 2.75) is 12.5 Å². The van der Waals surface area contributed by atoms with Crippen LogP contribution >= 0.6 is 11.6 Å². The molecule has 0 aliphatic carbocycles. The molecule has 0 bridgehead atoms. The van der Waals surface area contributed by atoms with Gasteiger partial charge in [-0.05, 0) is 71.3 Å². The van der Waals surface area contributed by atoms with E-state index in [-0.39, 0.29) is 6.42 Å². The molecule has 1 atom stereocenters. The average Bonchev–Trinajstić information content (AvgIpc) is 3.62. The van der Waals surface area contributed by atoms with E-state index in [2.05, 4.69) is 32.0 Å². The van der Waals surface area contributed by atoms with Gasteiger partial charge in [0.05, 0.1) is 11.6 Å². The number of carbonyl (C=O) groups excluding carboxylic acids is 2. The molecule has 10 nitrogen and oxygen atoms in total. The maximum atomic E-state index is 13.6. The second kappa shape index (κ2) is 11.9. The van der Waals surface area contributed by atoms with Crippen LogP contribution in [-0.4, -0.2) is 42.4 Å². The zero-order chi connectivity index (χ0) is 28.9. The number of carbonyl (C=O) groups is 2. The Kier molecular flexibility index (Phi) is 7.90. The number of nitriles is 1. The van der Waals surface area contributed by atoms with Gasteiger partial charge in [-0.25, -0.2) is 0 Å². The van der Waals surface area contributed by atoms with E-state index < -0.39 is 17.9 Å². The number of aromatic nitrogens is 5. The maximum absolute atomic E-state index is 13.6. The maximum Gasteiger partial charge on any atom is 0.270 e. The van der Waals surface area contributed by atoms with Gasteiger partial charge in [0.15, 0.2) is 5.82 Å². The van der Waals surface area contributed by atoms with Crippen LogP contribution in [0.2, 0.25) is 5.02 Å². The second-order valence-electron chi connectivity index (χ2n) is 9.40. The normalized spacial score (nSPS) is 11.5. The minimum absolute atomic E-state index is 0.134. The first-order chi connectivity index (χ1) is 19.8. The lowest BCUT2D eigenvalue weighted by molar-refractivity contribution is -0.118. The Bertz CT molecular complexity index is 1750. The fraction of sp³-hybridized carbons (Fsp3) is 0.133. The molecule has 2 amide bonds. The number of rotatable bonds is 8. The summed E-state index contributed by atoms with van der Waals surface area (Å²) < 4.78 is 3.24. The van der Waals surface area contributed by atoms with Crippen molar-refractivity contribution in [3.63, 3.8) is 0 Å². The van der Waals surface area contributed by atoms with E-state index in [0.717, 1.165) is 16.7 Å². The van der Waals surface area contributed by atoms with Gasteiger partial charge in [0.2, 0.25) is 5.91 Å². The standard InChI is InChI=1S/C30H25ClN8O2/c1-38-18-33-37-28(38)21-7-10-24(11-8-21)35-29(40)26(36-30(41)27-13-14-34-39(27)2)16-23-15-22(9-12-25(23)31)20-5-3-19(17-32)4-6-20/h3-15,18,26H,16H2,1-2H3,(H,35,40)(H,36,41). The largest absolute Gasteiger partial charge is 0.339 e. The van der Waals surface area contributed by atoms with Gasteiger partial charge in [-0.1, -0.05) is 29.8 Å². The molecular formula is C30H25ClN8O2. The van der Waals surface area contributed by atoms with Crippen LogP contribution in [0.4, 0.5) is 5.69 Å². The minimum Gasteiger partial charge on any atom is -0.339 e. The minimum atomic E-state index is -0.954. The molecule has 11 heteroatoms. The Morgan fingerprint density at radius 1 is 0.976 bits per heavy atom. The van der Waals surface area contributed by atoms with Crippen LogP contribution in [0.25, 0.3) is 22.5 Å². The van der Waals surface area contributed by atoms with Gasteiger partial charge in [0, 0.05) is 43.0 Å². The zero-order valence-corrected chi connectivity index (χ0v) is 23.0. The van der Waals surface area contributed by atoms with Crippen molar-refractivity contribution in [2.75, 3.05) is 5.32 Å². The number of hydrogen-bond acceptors (Lipinski definition) is 6. The fourth-order valence-corrected chi connectivity index (χ4v) is 4.58. The lowest BCUT2D eigenvalue weighted by Crippen LogP contribution is -2.45. The van der Waals surface area contributed by atoms with Crippen LogP contribution in [0.5, 0.6) is 0 Å². The Morgan fingerprint density at radius 2 is 1.68 bits per heavy atom. The summed E-state index contributed by atoms with van der Waals surface area (Å²) in [6, 6.07) is 22.6. The Hall–Kier alpha value is -5.27. The third-order valence-corrected chi connectivity index (χ3v) is 6.98. The highest BCUT2D eigenvalue weighted by atomic mass is 35.5. The van der Waals surface area contributed by atoms with Gasteiger partial charge in [0.25, 0.3) is 5.91 Å². The monoisotopic (exact) mass is 564 g/mol. The molecule has 2 N–H and O–H groups in total. The number of aryl methyl sites for hydroxylation is 2. The lowest BCUT2D eigenvalue weighted by Gasteiger charge is -2.20. The van der Waals surface area contributed by atoms with Gasteiger partial charge in [0.1, 0.15) is 18.1 Å². The third-order valence-electron chi connectivity index (χ3n) is 6.61. The number of nitrogens with zero attached hydrogens (tertiary/aromatic N) is 6. The number of nitrogens with one attached hydrogen (secondary N) is 2. The van der Waals surface area contributed by atoms with Gasteiger partial charge >= 0.3 is 0 Å². The van der Waals surface area contributed by atoms with Crippen molar-refractivity contribution in [3.05, 3.63) is 107 Å². The molecular weight excluding hydrogens is 540 g/mol. The molecule has 5 aromatic rings. The highest BCUT2D eigenvalue weighted by Gasteiger charge is 2.25. The van der Waals surface area contributed by atoms with Crippen molar-refractivity contribution >= 4 is 29.1 Å². The van der Waals surface area contributed by atoms with E-state index in [4.69, 9.17) is 16.9 Å². The molecule has 5 rings (SSSR count). The molecule has 2 heterocycles. The fourth-order valence-electron chi connectivity index (χ4n) is 4.38. The van der Waals surface area contributed by atoms with E-state index in [9.17, 15) is 9.59 Å². The average molecular weight is 565 g/mol. The van der Waals surface area contributed by atoms with Crippen LogP contribution < -0.4 is 10.6 Å². The first kappa shape index (κ1) is 27.3. The van der Waals surface area contributed by atoms with Crippen LogP contribution in [-0.2, 0) is 25.3 Å². The zero-order valence-electron chi connectivity index (χ0n) is 22.2. The van der Waals surface area contributed by atoms with E-state index in [1.54, 1.807) is 54.3 Å². The van der Waals surface area contributed by atoms with Crippen LogP contribution in [0.15, 0.2) is 85.3 Å². The predicted octanol–water partition coefficient (Wildman–Crippen LogP) is 4.39. The molecule has 0 spiro atoms. The summed E-state index contributed by atoms with van der Waals surface area (Å²) >= 11 is 6.57. The van der Waals surface area contributed by atoms with E-state index in [1.807, 2.05) is 43.4 Å². The van der Waals surface area contributed by atoms with Crippen LogP contribution in [0, 0.1) is 11.3 Å². The Balaban J connectivity index is 1.40. The smallest absolute Gasteiger partial charge is 0.270 e. The summed E-state index contributed by atoms with van der Waals surface area (Å²) in [5.74, 6) is -0.158. The molecule has 0 radical (unpaired) electrons. The first-order valence-electron chi connectivity index (χ1n) is 12.7. The SMILES string of the molecule is Cn1cnnc1-c1ccc(NC(=O)C(Cc2cc(-c3ccc(C#N)cc3)ccc2Cl)NC(=O)c2ccnn2C)cc1. The molecule has 1 unspecified atom stereocenters. The van der Waals surface area contributed by atoms with Gasteiger partial charge in [-0.2, -0.15) is 10.4 Å². The molecule has 0 saturated heterocycles. The highest BCUT2D eigenvalue weighted by Crippen LogP contribution is 2.27. The number of anilines is 1. The number of hydrogen-bond donors (Lipinski definition) is 2. The molecule has 204 valence electrons. The second-order valence-corrected chi connectivity index (χ2v) is 9.80. The summed E-state index contributed by atoms with van der Waals surface area (Å²) in [6.45, 7) is 0. The van der Waals surface area contributed by atoms with E-state index >= 15 is 0 Å². The predicted molar refractivity (Wildman–Crippen MR) is 155 cm³/mol. The highest BCUT2D eigenvalue weighted by molar-refractivity contribution is 6.31. The first-order valence-corrected chi connectivity index (χ1v) is 13.0. The molecule has 0 saturated carbocycles. The van der Waals surface area contributed by atoms with Gasteiger partial charge < -0.3 is 15.2 Å². The Labute approximate surface area is 241 Å². The molecule has 0 aliphatic heterocycles. The number of benzene rings is 3. The molecule has 41 heavy (non-hydrogen) atoms. The summed E-state index contributed by atoms with van der Waals surface area (Å²) in [7, 11) is 3.50. The topological polar surface area (TPSA) is 131 Å². The lowest BCUT2D eigenvalue weighted by atomic mass is 9.98. The van der Waals surface area contributed by atoms with Gasteiger partial charge in [-0.3, -0.25) is 14.3 Å². The van der Waals surface area contributed by atoms with Crippen molar-refractivity contribution in [3.8, 4) is 28.6 Å². The summed E-state index contributed by atoms with van der Waals surface area (Å²) in [6.07, 6.45) is 3.26. The summed E-state index contributed by atoms with van der Waals surface area (Å²) in [5, 5.41) is 27.4. The van der Waals surface area contributed by atoms with E-state index in [0.29, 0.717) is 33.4 Å². The number of amides is 2.